The van der Waals surface area contributed by atoms with Crippen molar-refractivity contribution in [2.24, 2.45) is 0 Å². The Morgan fingerprint density at radius 1 is 0.760 bits per heavy atom. The first-order valence-electron chi connectivity index (χ1n) is 9.02. The van der Waals surface area contributed by atoms with E-state index in [9.17, 15) is 16.8 Å². The van der Waals surface area contributed by atoms with Gasteiger partial charge in [0.2, 0.25) is 20.0 Å². The first kappa shape index (κ1) is 18.8. The molecule has 0 spiro atoms. The van der Waals surface area contributed by atoms with Gasteiger partial charge >= 0.3 is 0 Å². The summed E-state index contributed by atoms with van der Waals surface area (Å²) >= 11 is 0. The monoisotopic (exact) mass is 386 g/mol. The zero-order valence-electron chi connectivity index (χ0n) is 14.4. The molecule has 0 bridgehead atoms. The van der Waals surface area contributed by atoms with Crippen LogP contribution in [0, 0.1) is 0 Å². The van der Waals surface area contributed by atoms with Crippen LogP contribution in [0.25, 0.3) is 0 Å². The topological polar surface area (TPSA) is 83.5 Å². The average molecular weight is 387 g/mol. The standard InChI is InChI=1S/C17H26N2O4S2/c20-24(21,18-15-7-3-4-8-15)16-9-11-17(12-10-16)25(22,23)19-13-5-1-2-6-14-19/h9-12,15,18H,1-8,13-14H2. The Bertz CT molecular complexity index is 774. The van der Waals surface area contributed by atoms with Crippen LogP contribution in [0.1, 0.15) is 51.4 Å². The zero-order chi connectivity index (χ0) is 17.9. The molecular weight excluding hydrogens is 360 g/mol. The molecule has 2 aliphatic rings. The van der Waals surface area contributed by atoms with E-state index in [0.717, 1.165) is 51.4 Å². The van der Waals surface area contributed by atoms with Crippen molar-refractivity contribution >= 4 is 20.0 Å². The number of sulfonamides is 2. The van der Waals surface area contributed by atoms with E-state index in [1.807, 2.05) is 0 Å². The van der Waals surface area contributed by atoms with Gasteiger partial charge in [-0.05, 0) is 49.9 Å². The quantitative estimate of drug-likeness (QED) is 0.843. The lowest BCUT2D eigenvalue weighted by Crippen LogP contribution is -2.33. The predicted molar refractivity (Wildman–Crippen MR) is 96.2 cm³/mol. The fourth-order valence-electron chi connectivity index (χ4n) is 3.55. The smallest absolute Gasteiger partial charge is 0.208 e. The molecule has 2 fully saturated rings. The van der Waals surface area contributed by atoms with E-state index >= 15 is 0 Å². The predicted octanol–water partition coefficient (Wildman–Crippen LogP) is 2.47. The maximum Gasteiger partial charge on any atom is 0.243 e. The summed E-state index contributed by atoms with van der Waals surface area (Å²) in [6.45, 7) is 1.07. The van der Waals surface area contributed by atoms with E-state index in [2.05, 4.69) is 4.72 Å². The van der Waals surface area contributed by atoms with Crippen molar-refractivity contribution in [3.63, 3.8) is 0 Å². The largest absolute Gasteiger partial charge is 0.243 e. The minimum Gasteiger partial charge on any atom is -0.208 e. The van der Waals surface area contributed by atoms with Gasteiger partial charge in [0.05, 0.1) is 9.79 Å². The molecule has 0 atom stereocenters. The molecule has 6 nitrogen and oxygen atoms in total. The number of nitrogens with zero attached hydrogens (tertiary/aromatic N) is 1. The summed E-state index contributed by atoms with van der Waals surface area (Å²) in [4.78, 5) is 0.281. The number of hydrogen-bond acceptors (Lipinski definition) is 4. The van der Waals surface area contributed by atoms with Crippen LogP contribution >= 0.6 is 0 Å². The fourth-order valence-corrected chi connectivity index (χ4v) is 6.38. The molecule has 1 saturated heterocycles. The molecule has 1 heterocycles. The molecule has 3 rings (SSSR count). The molecule has 1 aromatic rings. The molecule has 0 amide bonds. The molecule has 8 heteroatoms. The highest BCUT2D eigenvalue weighted by atomic mass is 32.2. The number of benzene rings is 1. The number of rotatable bonds is 5. The third kappa shape index (κ3) is 4.42. The van der Waals surface area contributed by atoms with Gasteiger partial charge in [0.25, 0.3) is 0 Å². The summed E-state index contributed by atoms with van der Waals surface area (Å²) in [5.74, 6) is 0. The Hall–Kier alpha value is -0.960. The number of hydrogen-bond donors (Lipinski definition) is 1. The van der Waals surface area contributed by atoms with Crippen molar-refractivity contribution in [3.05, 3.63) is 24.3 Å². The lowest BCUT2D eigenvalue weighted by atomic mass is 10.2. The molecule has 1 N–H and O–H groups in total. The van der Waals surface area contributed by atoms with Gasteiger partial charge in [-0.15, -0.1) is 0 Å². The Balaban J connectivity index is 1.76. The molecule has 0 aromatic heterocycles. The van der Waals surface area contributed by atoms with E-state index in [1.54, 1.807) is 0 Å². The maximum atomic E-state index is 12.7. The van der Waals surface area contributed by atoms with Gasteiger partial charge < -0.3 is 0 Å². The van der Waals surface area contributed by atoms with Crippen molar-refractivity contribution in [1.29, 1.82) is 0 Å². The second kappa shape index (κ2) is 7.73. The molecule has 1 aliphatic carbocycles. The third-order valence-corrected chi connectivity index (χ3v) is 8.46. The van der Waals surface area contributed by atoms with E-state index < -0.39 is 20.0 Å². The maximum absolute atomic E-state index is 12.7. The summed E-state index contributed by atoms with van der Waals surface area (Å²) < 4.78 is 54.6. The molecule has 1 aliphatic heterocycles. The highest BCUT2D eigenvalue weighted by molar-refractivity contribution is 7.89. The Kier molecular flexibility index (Phi) is 5.82. The van der Waals surface area contributed by atoms with Crippen molar-refractivity contribution in [2.75, 3.05) is 13.1 Å². The zero-order valence-corrected chi connectivity index (χ0v) is 16.0. The van der Waals surface area contributed by atoms with Gasteiger partial charge in [0.1, 0.15) is 0 Å². The van der Waals surface area contributed by atoms with Gasteiger partial charge in [-0.1, -0.05) is 25.7 Å². The van der Waals surface area contributed by atoms with E-state index in [0.29, 0.717) is 13.1 Å². The summed E-state index contributed by atoms with van der Waals surface area (Å²) in [7, 11) is -7.15. The SMILES string of the molecule is O=S(=O)(NC1CCCC1)c1ccc(S(=O)(=O)N2CCCCCC2)cc1. The number of nitrogens with one attached hydrogen (secondary N) is 1. The van der Waals surface area contributed by atoms with Gasteiger partial charge in [-0.25, -0.2) is 21.6 Å². The Labute approximate surface area is 150 Å². The Morgan fingerprint density at radius 2 is 1.28 bits per heavy atom. The second-order valence-electron chi connectivity index (χ2n) is 6.89. The van der Waals surface area contributed by atoms with Crippen LogP contribution < -0.4 is 4.72 Å². The van der Waals surface area contributed by atoms with Crippen molar-refractivity contribution in [2.45, 2.75) is 67.2 Å². The van der Waals surface area contributed by atoms with Gasteiger partial charge in [-0.3, -0.25) is 0 Å². The van der Waals surface area contributed by atoms with Crippen LogP contribution in [-0.4, -0.2) is 40.3 Å². The molecule has 1 aromatic carbocycles. The second-order valence-corrected chi connectivity index (χ2v) is 10.5. The molecule has 0 radical (unpaired) electrons. The van der Waals surface area contributed by atoms with Gasteiger partial charge in [0, 0.05) is 19.1 Å². The molecule has 140 valence electrons. The van der Waals surface area contributed by atoms with E-state index in [-0.39, 0.29) is 15.8 Å². The lowest BCUT2D eigenvalue weighted by molar-refractivity contribution is 0.423. The summed E-state index contributed by atoms with van der Waals surface area (Å²) in [6, 6.07) is 5.59. The summed E-state index contributed by atoms with van der Waals surface area (Å²) in [5, 5.41) is 0. The van der Waals surface area contributed by atoms with Crippen LogP contribution in [0.3, 0.4) is 0 Å². The lowest BCUT2D eigenvalue weighted by Gasteiger charge is -2.20. The van der Waals surface area contributed by atoms with Crippen LogP contribution in [0.5, 0.6) is 0 Å². The van der Waals surface area contributed by atoms with Crippen LogP contribution in [-0.2, 0) is 20.0 Å². The third-order valence-electron chi connectivity index (χ3n) is 5.01. The summed E-state index contributed by atoms with van der Waals surface area (Å²) in [6.07, 6.45) is 7.65. The molecule has 25 heavy (non-hydrogen) atoms. The fraction of sp³-hybridized carbons (Fsp3) is 0.647. The summed E-state index contributed by atoms with van der Waals surface area (Å²) in [5.41, 5.74) is 0. The van der Waals surface area contributed by atoms with E-state index in [4.69, 9.17) is 0 Å². The minimum atomic E-state index is -3.60. The minimum absolute atomic E-state index is 0.00879. The van der Waals surface area contributed by atoms with E-state index in [1.165, 1.54) is 28.6 Å². The highest BCUT2D eigenvalue weighted by Crippen LogP contribution is 2.23. The van der Waals surface area contributed by atoms with Gasteiger partial charge in [0.15, 0.2) is 0 Å². The van der Waals surface area contributed by atoms with Crippen LogP contribution in [0.2, 0.25) is 0 Å². The molecular formula is C17H26N2O4S2. The normalized spacial score (nSPS) is 21.3. The van der Waals surface area contributed by atoms with Crippen molar-refractivity contribution in [1.82, 2.24) is 9.03 Å². The first-order chi connectivity index (χ1) is 11.9. The van der Waals surface area contributed by atoms with Crippen molar-refractivity contribution < 1.29 is 16.8 Å². The first-order valence-corrected chi connectivity index (χ1v) is 11.9. The Morgan fingerprint density at radius 3 is 1.84 bits per heavy atom. The average Bonchev–Trinajstić information content (AvgIpc) is 2.93. The van der Waals surface area contributed by atoms with Crippen LogP contribution in [0.15, 0.2) is 34.1 Å². The van der Waals surface area contributed by atoms with Gasteiger partial charge in [-0.2, -0.15) is 4.31 Å². The van der Waals surface area contributed by atoms with Crippen LogP contribution in [0.4, 0.5) is 0 Å². The highest BCUT2D eigenvalue weighted by Gasteiger charge is 2.27. The molecule has 1 saturated carbocycles. The molecule has 0 unspecified atom stereocenters. The van der Waals surface area contributed by atoms with Crippen molar-refractivity contribution in [3.8, 4) is 0 Å².